The third-order valence-electron chi connectivity index (χ3n) is 4.61. The van der Waals surface area contributed by atoms with Gasteiger partial charge >= 0.3 is 6.18 Å². The molecule has 0 aliphatic carbocycles. The Balaban J connectivity index is 1.60. The van der Waals surface area contributed by atoms with Gasteiger partial charge < -0.3 is 4.74 Å². The van der Waals surface area contributed by atoms with Crippen LogP contribution in [0.1, 0.15) is 11.1 Å². The van der Waals surface area contributed by atoms with Crippen molar-refractivity contribution in [3.8, 4) is 22.6 Å². The molecule has 0 saturated carbocycles. The van der Waals surface area contributed by atoms with E-state index in [1.807, 2.05) is 18.2 Å². The van der Waals surface area contributed by atoms with Gasteiger partial charge in [-0.15, -0.1) is 0 Å². The Hall–Kier alpha value is -3.00. The summed E-state index contributed by atoms with van der Waals surface area (Å²) in [4.78, 5) is 0. The smallest absolute Gasteiger partial charge is 0.416 e. The number of anilines is 1. The van der Waals surface area contributed by atoms with Gasteiger partial charge in [0.15, 0.2) is 0 Å². The molecule has 0 amide bonds. The predicted molar refractivity (Wildman–Crippen MR) is 105 cm³/mol. The molecule has 0 bridgehead atoms. The Morgan fingerprint density at radius 2 is 1.62 bits per heavy atom. The van der Waals surface area contributed by atoms with Gasteiger partial charge in [-0.2, -0.15) is 13.2 Å². The molecule has 0 unspecified atom stereocenters. The summed E-state index contributed by atoms with van der Waals surface area (Å²) in [6, 6.07) is 17.0. The van der Waals surface area contributed by atoms with Crippen LogP contribution in [0.15, 0.2) is 66.7 Å². The number of hydrogen-bond acceptors (Lipinski definition) is 3. The van der Waals surface area contributed by atoms with E-state index in [9.17, 15) is 21.6 Å². The molecule has 29 heavy (non-hydrogen) atoms. The molecule has 150 valence electrons. The van der Waals surface area contributed by atoms with Crippen LogP contribution < -0.4 is 9.46 Å². The minimum Gasteiger partial charge on any atom is -0.457 e. The predicted octanol–water partition coefficient (Wildman–Crippen LogP) is 5.46. The summed E-state index contributed by atoms with van der Waals surface area (Å²) in [7, 11) is -3.36. The maximum Gasteiger partial charge on any atom is 0.416 e. The molecule has 1 heterocycles. The number of hydrogen-bond donors (Lipinski definition) is 1. The number of alkyl halides is 3. The van der Waals surface area contributed by atoms with Crippen LogP contribution in [0.25, 0.3) is 11.1 Å². The molecule has 3 aromatic carbocycles. The van der Waals surface area contributed by atoms with Crippen molar-refractivity contribution in [3.05, 3.63) is 77.9 Å². The number of aryl methyl sites for hydroxylation is 1. The number of nitrogens with one attached hydrogen (secondary N) is 1. The molecule has 0 spiro atoms. The first-order valence-electron chi connectivity index (χ1n) is 8.79. The fourth-order valence-corrected chi connectivity index (χ4v) is 4.34. The zero-order valence-corrected chi connectivity index (χ0v) is 15.8. The van der Waals surface area contributed by atoms with Gasteiger partial charge in [-0.05, 0) is 47.9 Å². The fourth-order valence-electron chi connectivity index (χ4n) is 3.19. The lowest BCUT2D eigenvalue weighted by Crippen LogP contribution is -2.24. The molecule has 1 aliphatic heterocycles. The molecule has 0 atom stereocenters. The van der Waals surface area contributed by atoms with Gasteiger partial charge in [0.2, 0.25) is 10.0 Å². The molecule has 8 heteroatoms. The maximum atomic E-state index is 12.8. The fraction of sp³-hybridized carbons (Fsp3) is 0.143. The van der Waals surface area contributed by atoms with Crippen molar-refractivity contribution < 1.29 is 26.3 Å². The maximum absolute atomic E-state index is 12.8. The Morgan fingerprint density at radius 1 is 0.897 bits per heavy atom. The van der Waals surface area contributed by atoms with Gasteiger partial charge in [0.25, 0.3) is 0 Å². The second-order valence-corrected chi connectivity index (χ2v) is 8.50. The highest BCUT2D eigenvalue weighted by molar-refractivity contribution is 7.92. The molecule has 0 aromatic heterocycles. The van der Waals surface area contributed by atoms with Gasteiger partial charge in [0.1, 0.15) is 11.5 Å². The van der Waals surface area contributed by atoms with Crippen molar-refractivity contribution in [1.82, 2.24) is 0 Å². The number of ether oxygens (including phenoxy) is 1. The minimum absolute atomic E-state index is 0.0488. The monoisotopic (exact) mass is 419 g/mol. The van der Waals surface area contributed by atoms with Crippen LogP contribution in [-0.2, 0) is 22.6 Å². The molecule has 0 fully saturated rings. The summed E-state index contributed by atoms with van der Waals surface area (Å²) in [5, 5.41) is 0. The molecule has 3 aromatic rings. The van der Waals surface area contributed by atoms with Gasteiger partial charge in [-0.3, -0.25) is 4.72 Å². The minimum atomic E-state index is -4.44. The number of fused-ring (bicyclic) bond motifs is 1. The second kappa shape index (κ2) is 7.11. The van der Waals surface area contributed by atoms with Gasteiger partial charge in [-0.1, -0.05) is 36.4 Å². The van der Waals surface area contributed by atoms with Gasteiger partial charge in [0.05, 0.1) is 17.0 Å². The standard InChI is InChI=1S/C21H16F3NO3S/c22-21(23,24)16-4-2-5-18(13-16)28-17-9-7-14(8-10-17)19-6-1-3-15-11-12-29(26,27)25-20(15)19/h1-10,13,25H,11-12H2. The third-order valence-corrected chi connectivity index (χ3v) is 5.87. The van der Waals surface area contributed by atoms with E-state index in [-0.39, 0.29) is 11.5 Å². The summed E-state index contributed by atoms with van der Waals surface area (Å²) in [6.07, 6.45) is -4.00. The summed E-state index contributed by atoms with van der Waals surface area (Å²) in [5.74, 6) is 0.503. The largest absolute Gasteiger partial charge is 0.457 e. The van der Waals surface area contributed by atoms with Crippen molar-refractivity contribution in [2.24, 2.45) is 0 Å². The highest BCUT2D eigenvalue weighted by atomic mass is 32.2. The summed E-state index contributed by atoms with van der Waals surface area (Å²) in [6.45, 7) is 0. The van der Waals surface area contributed by atoms with Crippen LogP contribution in [0.4, 0.5) is 18.9 Å². The summed E-state index contributed by atoms with van der Waals surface area (Å²) >= 11 is 0. The van der Waals surface area contributed by atoms with Crippen LogP contribution in [0, 0.1) is 0 Å². The van der Waals surface area contributed by atoms with Crippen LogP contribution in [0.5, 0.6) is 11.5 Å². The Bertz CT molecular complexity index is 1160. The van der Waals surface area contributed by atoms with Gasteiger partial charge in [0, 0.05) is 5.56 Å². The van der Waals surface area contributed by atoms with E-state index in [1.165, 1.54) is 12.1 Å². The highest BCUT2D eigenvalue weighted by Gasteiger charge is 2.30. The summed E-state index contributed by atoms with van der Waals surface area (Å²) < 4.78 is 70.5. The Labute approximate surface area is 166 Å². The number of sulfonamides is 1. The molecular weight excluding hydrogens is 403 g/mol. The first kappa shape index (κ1) is 19.3. The number of para-hydroxylation sites is 1. The van der Waals surface area contributed by atoms with E-state index in [4.69, 9.17) is 4.74 Å². The summed E-state index contributed by atoms with van der Waals surface area (Å²) in [5.41, 5.74) is 2.20. The van der Waals surface area contributed by atoms with Crippen molar-refractivity contribution in [1.29, 1.82) is 0 Å². The quantitative estimate of drug-likeness (QED) is 0.613. The Morgan fingerprint density at radius 3 is 2.34 bits per heavy atom. The SMILES string of the molecule is O=S1(=O)CCc2cccc(-c3ccc(Oc4cccc(C(F)(F)F)c4)cc3)c2N1. The molecule has 0 radical (unpaired) electrons. The lowest BCUT2D eigenvalue weighted by atomic mass is 9.99. The van der Waals surface area contributed by atoms with E-state index in [0.717, 1.165) is 28.8 Å². The van der Waals surface area contributed by atoms with Crippen molar-refractivity contribution in [2.45, 2.75) is 12.6 Å². The van der Waals surface area contributed by atoms with Gasteiger partial charge in [-0.25, -0.2) is 8.42 Å². The first-order chi connectivity index (χ1) is 13.7. The highest BCUT2D eigenvalue weighted by Crippen LogP contribution is 2.36. The zero-order chi connectivity index (χ0) is 20.6. The van der Waals surface area contributed by atoms with E-state index in [1.54, 1.807) is 24.3 Å². The normalized spacial score (nSPS) is 15.3. The Kier molecular flexibility index (Phi) is 4.74. The van der Waals surface area contributed by atoms with Crippen LogP contribution >= 0.6 is 0 Å². The number of halogens is 3. The second-order valence-electron chi connectivity index (χ2n) is 6.66. The van der Waals surface area contributed by atoms with E-state index >= 15 is 0 Å². The van der Waals surface area contributed by atoms with Crippen LogP contribution in [-0.4, -0.2) is 14.2 Å². The average molecular weight is 419 g/mol. The van der Waals surface area contributed by atoms with E-state index in [2.05, 4.69) is 4.72 Å². The molecule has 4 nitrogen and oxygen atoms in total. The van der Waals surface area contributed by atoms with Crippen molar-refractivity contribution in [3.63, 3.8) is 0 Å². The number of rotatable bonds is 3. The molecular formula is C21H16F3NO3S. The van der Waals surface area contributed by atoms with Crippen LogP contribution in [0.2, 0.25) is 0 Å². The third kappa shape index (κ3) is 4.22. The van der Waals surface area contributed by atoms with Crippen LogP contribution in [0.3, 0.4) is 0 Å². The van der Waals surface area contributed by atoms with Crippen molar-refractivity contribution >= 4 is 15.7 Å². The van der Waals surface area contributed by atoms with E-state index in [0.29, 0.717) is 17.9 Å². The molecule has 1 aliphatic rings. The average Bonchev–Trinajstić information content (AvgIpc) is 2.67. The van der Waals surface area contributed by atoms with E-state index < -0.39 is 21.8 Å². The molecule has 0 saturated heterocycles. The van der Waals surface area contributed by atoms with Crippen molar-refractivity contribution in [2.75, 3.05) is 10.5 Å². The zero-order valence-electron chi connectivity index (χ0n) is 15.0. The first-order valence-corrected chi connectivity index (χ1v) is 10.4. The molecule has 1 N–H and O–H groups in total. The lowest BCUT2D eigenvalue weighted by molar-refractivity contribution is -0.137. The molecule has 4 rings (SSSR count). The topological polar surface area (TPSA) is 55.4 Å². The number of benzene rings is 3. The lowest BCUT2D eigenvalue weighted by Gasteiger charge is -2.21.